The van der Waals surface area contributed by atoms with Gasteiger partial charge in [-0.25, -0.2) is 8.78 Å². The van der Waals surface area contributed by atoms with E-state index in [0.717, 1.165) is 19.3 Å². The number of hydrogen-bond acceptors (Lipinski definition) is 2. The molecule has 0 N–H and O–H groups in total. The lowest BCUT2D eigenvalue weighted by molar-refractivity contribution is 0.291. The maximum absolute atomic E-state index is 14.9. The number of benzene rings is 3. The van der Waals surface area contributed by atoms with Crippen LogP contribution in [-0.2, 0) is 0 Å². The molecule has 0 radical (unpaired) electrons. The molecule has 0 bridgehead atoms. The predicted molar refractivity (Wildman–Crippen MR) is 111 cm³/mol. The summed E-state index contributed by atoms with van der Waals surface area (Å²) in [6.07, 6.45) is 6.42. The van der Waals surface area contributed by atoms with Gasteiger partial charge in [0.25, 0.3) is 0 Å². The molecule has 0 spiro atoms. The van der Waals surface area contributed by atoms with Crippen LogP contribution >= 0.6 is 0 Å². The van der Waals surface area contributed by atoms with Crippen molar-refractivity contribution in [2.45, 2.75) is 52.4 Å². The summed E-state index contributed by atoms with van der Waals surface area (Å²) in [6, 6.07) is 10.1. The Balaban J connectivity index is 1.84. The summed E-state index contributed by atoms with van der Waals surface area (Å²) < 4.78 is 40.8. The molecule has 2 nitrogen and oxygen atoms in total. The summed E-state index contributed by atoms with van der Waals surface area (Å²) in [5, 5.41) is 2.22. The Hall–Kier alpha value is -2.36. The lowest BCUT2D eigenvalue weighted by atomic mass is 10.0. The molecule has 0 amide bonds. The van der Waals surface area contributed by atoms with Gasteiger partial charge >= 0.3 is 0 Å². The maximum Gasteiger partial charge on any atom is 0.172 e. The number of fused-ring (bicyclic) bond motifs is 3. The number of ether oxygens (including phenoxy) is 2. The Bertz CT molecular complexity index is 937. The van der Waals surface area contributed by atoms with Crippen LogP contribution in [0.3, 0.4) is 0 Å². The standard InChI is InChI=1S/C24H28F2O2/c1-3-5-6-7-8-16-28-22-14-12-18-17-11-13-21(27-15-4-2)23(25)19(17)9-10-20(18)24(22)26/h9-14H,3-8,15-16H2,1-2H3. The summed E-state index contributed by atoms with van der Waals surface area (Å²) in [6.45, 7) is 5.12. The molecule has 3 rings (SSSR count). The molecule has 4 heteroatoms. The van der Waals surface area contributed by atoms with Crippen molar-refractivity contribution in [1.29, 1.82) is 0 Å². The van der Waals surface area contributed by atoms with E-state index in [1.54, 1.807) is 36.4 Å². The van der Waals surface area contributed by atoms with E-state index in [1.807, 2.05) is 6.92 Å². The van der Waals surface area contributed by atoms with Gasteiger partial charge in [-0.2, -0.15) is 0 Å². The normalized spacial score (nSPS) is 11.3. The third-order valence-corrected chi connectivity index (χ3v) is 4.96. The summed E-state index contributed by atoms with van der Waals surface area (Å²) in [5.74, 6) is -0.303. The number of rotatable bonds is 10. The van der Waals surface area contributed by atoms with Gasteiger partial charge in [-0.3, -0.25) is 0 Å². The van der Waals surface area contributed by atoms with Crippen LogP contribution < -0.4 is 9.47 Å². The Morgan fingerprint density at radius 1 is 0.571 bits per heavy atom. The fourth-order valence-corrected chi connectivity index (χ4v) is 3.43. The third kappa shape index (κ3) is 4.37. The van der Waals surface area contributed by atoms with Crippen LogP contribution in [0.5, 0.6) is 11.5 Å². The molecule has 0 fully saturated rings. The maximum atomic E-state index is 14.9. The van der Waals surface area contributed by atoms with Crippen molar-refractivity contribution in [3.8, 4) is 11.5 Å². The minimum Gasteiger partial charge on any atom is -0.491 e. The van der Waals surface area contributed by atoms with Gasteiger partial charge in [0.1, 0.15) is 0 Å². The van der Waals surface area contributed by atoms with E-state index in [1.165, 1.54) is 19.3 Å². The highest BCUT2D eigenvalue weighted by atomic mass is 19.1. The van der Waals surface area contributed by atoms with E-state index in [9.17, 15) is 8.78 Å². The lowest BCUT2D eigenvalue weighted by Crippen LogP contribution is -2.00. The van der Waals surface area contributed by atoms with E-state index in [0.29, 0.717) is 34.8 Å². The van der Waals surface area contributed by atoms with Crippen LogP contribution in [0.4, 0.5) is 8.78 Å². The highest BCUT2D eigenvalue weighted by Crippen LogP contribution is 2.35. The summed E-state index contributed by atoms with van der Waals surface area (Å²) in [4.78, 5) is 0. The number of halogens is 2. The third-order valence-electron chi connectivity index (χ3n) is 4.96. The van der Waals surface area contributed by atoms with Crippen molar-refractivity contribution in [3.63, 3.8) is 0 Å². The van der Waals surface area contributed by atoms with Crippen LogP contribution in [0.1, 0.15) is 52.4 Å². The zero-order valence-electron chi connectivity index (χ0n) is 16.7. The number of unbranched alkanes of at least 4 members (excludes halogenated alkanes) is 4. The SMILES string of the molecule is CCCCCCCOc1ccc2c(ccc3c(F)c(OCCC)ccc32)c1F. The summed E-state index contributed by atoms with van der Waals surface area (Å²) >= 11 is 0. The minimum absolute atomic E-state index is 0.234. The average molecular weight is 386 g/mol. The first kappa shape index (κ1) is 20.4. The van der Waals surface area contributed by atoms with Gasteiger partial charge < -0.3 is 9.47 Å². The zero-order valence-corrected chi connectivity index (χ0v) is 16.7. The molecule has 150 valence electrons. The second-order valence-electron chi connectivity index (χ2n) is 7.12. The van der Waals surface area contributed by atoms with Gasteiger partial charge in [-0.05, 0) is 47.9 Å². The predicted octanol–water partition coefficient (Wildman–Crippen LogP) is 7.41. The molecule has 3 aromatic carbocycles. The quantitative estimate of drug-likeness (QED) is 0.267. The summed E-state index contributed by atoms with van der Waals surface area (Å²) in [5.41, 5.74) is 0. The molecular weight excluding hydrogens is 358 g/mol. The number of hydrogen-bond donors (Lipinski definition) is 0. The Morgan fingerprint density at radius 3 is 1.61 bits per heavy atom. The van der Waals surface area contributed by atoms with Gasteiger partial charge in [0.15, 0.2) is 23.1 Å². The Kier molecular flexibility index (Phi) is 7.07. The van der Waals surface area contributed by atoms with E-state index in [-0.39, 0.29) is 17.3 Å². The van der Waals surface area contributed by atoms with Crippen LogP contribution in [0, 0.1) is 11.6 Å². The first-order valence-corrected chi connectivity index (χ1v) is 10.3. The van der Waals surface area contributed by atoms with Crippen molar-refractivity contribution in [1.82, 2.24) is 0 Å². The molecule has 0 aliphatic carbocycles. The van der Waals surface area contributed by atoms with E-state index in [2.05, 4.69) is 6.92 Å². The van der Waals surface area contributed by atoms with Gasteiger partial charge in [-0.15, -0.1) is 0 Å². The lowest BCUT2D eigenvalue weighted by Gasteiger charge is -2.12. The molecule has 0 aliphatic rings. The largest absolute Gasteiger partial charge is 0.491 e. The second kappa shape index (κ2) is 9.72. The van der Waals surface area contributed by atoms with Gasteiger partial charge in [0.2, 0.25) is 0 Å². The minimum atomic E-state index is -0.402. The highest BCUT2D eigenvalue weighted by Gasteiger charge is 2.14. The molecular formula is C24H28F2O2. The van der Waals surface area contributed by atoms with E-state index >= 15 is 0 Å². The second-order valence-corrected chi connectivity index (χ2v) is 7.12. The Labute approximate surface area is 165 Å². The zero-order chi connectivity index (χ0) is 19.9. The van der Waals surface area contributed by atoms with E-state index < -0.39 is 5.82 Å². The first-order valence-electron chi connectivity index (χ1n) is 10.3. The molecule has 0 aliphatic heterocycles. The van der Waals surface area contributed by atoms with Crippen LogP contribution in [0.15, 0.2) is 36.4 Å². The van der Waals surface area contributed by atoms with Crippen molar-refractivity contribution in [2.75, 3.05) is 13.2 Å². The van der Waals surface area contributed by atoms with Gasteiger partial charge in [0, 0.05) is 10.8 Å². The molecule has 0 saturated heterocycles. The highest BCUT2D eigenvalue weighted by molar-refractivity contribution is 6.08. The van der Waals surface area contributed by atoms with Crippen LogP contribution in [0.25, 0.3) is 21.5 Å². The van der Waals surface area contributed by atoms with Crippen molar-refractivity contribution < 1.29 is 18.3 Å². The molecule has 28 heavy (non-hydrogen) atoms. The average Bonchev–Trinajstić information content (AvgIpc) is 2.71. The smallest absolute Gasteiger partial charge is 0.172 e. The van der Waals surface area contributed by atoms with Crippen molar-refractivity contribution in [3.05, 3.63) is 48.0 Å². The molecule has 0 atom stereocenters. The van der Waals surface area contributed by atoms with Crippen LogP contribution in [0.2, 0.25) is 0 Å². The monoisotopic (exact) mass is 386 g/mol. The summed E-state index contributed by atoms with van der Waals surface area (Å²) in [7, 11) is 0. The van der Waals surface area contributed by atoms with Crippen molar-refractivity contribution >= 4 is 21.5 Å². The Morgan fingerprint density at radius 2 is 1.07 bits per heavy atom. The fraction of sp³-hybridized carbons (Fsp3) is 0.417. The molecule has 0 aromatic heterocycles. The van der Waals surface area contributed by atoms with Gasteiger partial charge in [-0.1, -0.05) is 51.7 Å². The topological polar surface area (TPSA) is 18.5 Å². The van der Waals surface area contributed by atoms with Gasteiger partial charge in [0.05, 0.1) is 13.2 Å². The first-order chi connectivity index (χ1) is 13.7. The molecule has 0 saturated carbocycles. The van der Waals surface area contributed by atoms with E-state index in [4.69, 9.17) is 9.47 Å². The van der Waals surface area contributed by atoms with Crippen LogP contribution in [-0.4, -0.2) is 13.2 Å². The van der Waals surface area contributed by atoms with Crippen molar-refractivity contribution in [2.24, 2.45) is 0 Å². The molecule has 0 unspecified atom stereocenters. The fourth-order valence-electron chi connectivity index (χ4n) is 3.43. The molecule has 3 aromatic rings. The molecule has 0 heterocycles.